The number of anilines is 1. The number of hydrazone groups is 1. The van der Waals surface area contributed by atoms with Gasteiger partial charge >= 0.3 is 5.97 Å². The second-order valence-electron chi connectivity index (χ2n) is 6.87. The van der Waals surface area contributed by atoms with Crippen molar-refractivity contribution in [2.24, 2.45) is 11.0 Å². The number of carbonyl (C=O) groups is 3. The standard InChI is InChI=1S/C17H21N5O4S/c1-26-17(25)15-12(6-7-27-15)19-13(23)8-21-16(24)14-10-4-2-3-5-11(10)20-22(14)9-18-21/h6-7,9-11,14,20H,2-5,8H2,1H3,(H,19,23). The summed E-state index contributed by atoms with van der Waals surface area (Å²) in [6.07, 6.45) is 5.91. The maximum atomic E-state index is 12.9. The van der Waals surface area contributed by atoms with Crippen molar-refractivity contribution in [3.8, 4) is 0 Å². The molecule has 1 aliphatic carbocycles. The number of nitrogens with one attached hydrogen (secondary N) is 2. The van der Waals surface area contributed by atoms with Gasteiger partial charge in [0.25, 0.3) is 5.91 Å². The summed E-state index contributed by atoms with van der Waals surface area (Å²) in [7, 11) is 1.29. The van der Waals surface area contributed by atoms with Crippen LogP contribution in [0.1, 0.15) is 35.4 Å². The van der Waals surface area contributed by atoms with E-state index >= 15 is 0 Å². The molecule has 3 unspecified atom stereocenters. The predicted octanol–water partition coefficient (Wildman–Crippen LogP) is 1.01. The van der Waals surface area contributed by atoms with E-state index in [2.05, 4.69) is 15.8 Å². The van der Waals surface area contributed by atoms with Crippen molar-refractivity contribution >= 4 is 41.1 Å². The molecule has 3 atom stereocenters. The number of methoxy groups -OCH3 is 1. The van der Waals surface area contributed by atoms with Crippen LogP contribution < -0.4 is 10.7 Å². The van der Waals surface area contributed by atoms with E-state index in [0.717, 1.165) is 25.7 Å². The van der Waals surface area contributed by atoms with Crippen LogP contribution in [-0.4, -0.2) is 59.9 Å². The summed E-state index contributed by atoms with van der Waals surface area (Å²) in [6.45, 7) is -0.201. The lowest BCUT2D eigenvalue weighted by atomic mass is 9.81. The molecule has 1 saturated carbocycles. The minimum Gasteiger partial charge on any atom is -0.465 e. The minimum absolute atomic E-state index is 0.173. The monoisotopic (exact) mass is 391 g/mol. The van der Waals surface area contributed by atoms with Gasteiger partial charge in [0.1, 0.15) is 23.8 Å². The SMILES string of the molecule is COC(=O)c1sccc1NC(=O)CN1N=CN2NC3CCCCC3C2C1=O. The first-order valence-electron chi connectivity index (χ1n) is 8.94. The van der Waals surface area contributed by atoms with Crippen molar-refractivity contribution in [3.63, 3.8) is 0 Å². The second kappa shape index (κ2) is 7.28. The average molecular weight is 391 g/mol. The lowest BCUT2D eigenvalue weighted by Gasteiger charge is -2.32. The van der Waals surface area contributed by atoms with Crippen LogP contribution in [0.3, 0.4) is 0 Å². The van der Waals surface area contributed by atoms with Crippen molar-refractivity contribution in [1.82, 2.24) is 15.4 Å². The zero-order chi connectivity index (χ0) is 19.0. The number of ether oxygens (including phenoxy) is 1. The molecule has 0 radical (unpaired) electrons. The van der Waals surface area contributed by atoms with Crippen LogP contribution in [0.4, 0.5) is 5.69 Å². The third-order valence-corrected chi connectivity index (χ3v) is 6.16. The molecule has 0 spiro atoms. The molecule has 2 fully saturated rings. The number of hydrogen-bond donors (Lipinski definition) is 2. The van der Waals surface area contributed by atoms with Gasteiger partial charge < -0.3 is 10.1 Å². The van der Waals surface area contributed by atoms with Crippen molar-refractivity contribution in [2.45, 2.75) is 37.8 Å². The molecule has 0 bridgehead atoms. The Morgan fingerprint density at radius 2 is 2.22 bits per heavy atom. The zero-order valence-electron chi connectivity index (χ0n) is 14.9. The number of nitrogens with zero attached hydrogens (tertiary/aromatic N) is 3. The van der Waals surface area contributed by atoms with Crippen LogP contribution in [0.25, 0.3) is 0 Å². The molecule has 144 valence electrons. The topological polar surface area (TPSA) is 103 Å². The molecule has 9 nitrogen and oxygen atoms in total. The summed E-state index contributed by atoms with van der Waals surface area (Å²) >= 11 is 1.18. The zero-order valence-corrected chi connectivity index (χ0v) is 15.7. The summed E-state index contributed by atoms with van der Waals surface area (Å²) in [6, 6.07) is 1.61. The Labute approximate surface area is 160 Å². The van der Waals surface area contributed by atoms with Gasteiger partial charge in [0.05, 0.1) is 12.8 Å². The van der Waals surface area contributed by atoms with Crippen LogP contribution in [0.5, 0.6) is 0 Å². The smallest absolute Gasteiger partial charge is 0.350 e. The van der Waals surface area contributed by atoms with E-state index in [-0.39, 0.29) is 24.4 Å². The number of esters is 1. The largest absolute Gasteiger partial charge is 0.465 e. The van der Waals surface area contributed by atoms with Gasteiger partial charge in [-0.2, -0.15) is 5.10 Å². The van der Waals surface area contributed by atoms with Crippen LogP contribution in [-0.2, 0) is 14.3 Å². The summed E-state index contributed by atoms with van der Waals surface area (Å²) in [5, 5.41) is 11.5. The Hall–Kier alpha value is -2.46. The molecule has 0 aromatic carbocycles. The number of carbonyl (C=O) groups excluding carboxylic acids is 3. The first kappa shape index (κ1) is 17.9. The normalized spacial score (nSPS) is 26.6. The molecule has 1 aromatic rings. The molecule has 3 aliphatic rings. The van der Waals surface area contributed by atoms with Crippen molar-refractivity contribution in [2.75, 3.05) is 19.0 Å². The Morgan fingerprint density at radius 1 is 1.41 bits per heavy atom. The molecule has 2 aliphatic heterocycles. The number of hydrazine groups is 1. The van der Waals surface area contributed by atoms with E-state index in [0.29, 0.717) is 16.6 Å². The van der Waals surface area contributed by atoms with Gasteiger partial charge in [-0.3, -0.25) is 14.6 Å². The number of rotatable bonds is 4. The number of fused-ring (bicyclic) bond motifs is 3. The van der Waals surface area contributed by atoms with Crippen LogP contribution >= 0.6 is 11.3 Å². The number of thiophene rings is 1. The Bertz CT molecular complexity index is 794. The summed E-state index contributed by atoms with van der Waals surface area (Å²) in [4.78, 5) is 37.3. The molecular weight excluding hydrogens is 370 g/mol. The summed E-state index contributed by atoms with van der Waals surface area (Å²) in [5.41, 5.74) is 3.72. The first-order chi connectivity index (χ1) is 13.1. The second-order valence-corrected chi connectivity index (χ2v) is 7.78. The predicted molar refractivity (Wildman–Crippen MR) is 99.0 cm³/mol. The fourth-order valence-electron chi connectivity index (χ4n) is 4.01. The number of hydrogen-bond acceptors (Lipinski definition) is 8. The lowest BCUT2D eigenvalue weighted by molar-refractivity contribution is -0.140. The van der Waals surface area contributed by atoms with Crippen molar-refractivity contribution in [1.29, 1.82) is 0 Å². The van der Waals surface area contributed by atoms with Gasteiger partial charge in [-0.1, -0.05) is 12.8 Å². The molecular formula is C17H21N5O4S. The first-order valence-corrected chi connectivity index (χ1v) is 9.82. The van der Waals surface area contributed by atoms with E-state index < -0.39 is 11.9 Å². The van der Waals surface area contributed by atoms with Crippen LogP contribution in [0.15, 0.2) is 16.5 Å². The third-order valence-electron chi connectivity index (χ3n) is 5.27. The van der Waals surface area contributed by atoms with Gasteiger partial charge in [-0.15, -0.1) is 11.3 Å². The quantitative estimate of drug-likeness (QED) is 0.743. The maximum absolute atomic E-state index is 12.9. The fraction of sp³-hybridized carbons (Fsp3) is 0.529. The third kappa shape index (κ3) is 3.30. The van der Waals surface area contributed by atoms with Crippen LogP contribution in [0, 0.1) is 5.92 Å². The molecule has 4 rings (SSSR count). The average Bonchev–Trinajstić information content (AvgIpc) is 3.27. The van der Waals surface area contributed by atoms with Gasteiger partial charge in [0, 0.05) is 12.0 Å². The van der Waals surface area contributed by atoms with E-state index in [9.17, 15) is 14.4 Å². The molecule has 3 heterocycles. The highest BCUT2D eigenvalue weighted by atomic mass is 32.1. The fourth-order valence-corrected chi connectivity index (χ4v) is 4.78. The molecule has 10 heteroatoms. The lowest BCUT2D eigenvalue weighted by Crippen LogP contribution is -2.53. The van der Waals surface area contributed by atoms with Gasteiger partial charge in [0.15, 0.2) is 0 Å². The van der Waals surface area contributed by atoms with Crippen molar-refractivity contribution in [3.05, 3.63) is 16.3 Å². The van der Waals surface area contributed by atoms with E-state index in [1.165, 1.54) is 23.5 Å². The Kier molecular flexibility index (Phi) is 4.83. The highest BCUT2D eigenvalue weighted by molar-refractivity contribution is 7.12. The number of amides is 2. The summed E-state index contributed by atoms with van der Waals surface area (Å²) < 4.78 is 4.70. The highest BCUT2D eigenvalue weighted by Gasteiger charge is 2.48. The Morgan fingerprint density at radius 3 is 3.04 bits per heavy atom. The summed E-state index contributed by atoms with van der Waals surface area (Å²) in [5.74, 6) is -0.855. The van der Waals surface area contributed by atoms with Gasteiger partial charge in [0.2, 0.25) is 5.91 Å². The Balaban J connectivity index is 1.42. The minimum atomic E-state index is -0.511. The van der Waals surface area contributed by atoms with Crippen molar-refractivity contribution < 1.29 is 19.1 Å². The van der Waals surface area contributed by atoms with Gasteiger partial charge in [-0.25, -0.2) is 15.2 Å². The molecule has 27 heavy (non-hydrogen) atoms. The van der Waals surface area contributed by atoms with Crippen LogP contribution in [0.2, 0.25) is 0 Å². The van der Waals surface area contributed by atoms with E-state index in [4.69, 9.17) is 4.74 Å². The molecule has 2 amide bonds. The molecule has 2 N–H and O–H groups in total. The maximum Gasteiger partial charge on any atom is 0.350 e. The highest BCUT2D eigenvalue weighted by Crippen LogP contribution is 2.35. The van der Waals surface area contributed by atoms with E-state index in [1.807, 2.05) is 0 Å². The molecule has 1 saturated heterocycles. The molecule has 1 aromatic heterocycles. The van der Waals surface area contributed by atoms with Gasteiger partial charge in [-0.05, 0) is 24.3 Å². The van der Waals surface area contributed by atoms with E-state index in [1.54, 1.807) is 22.8 Å².